The van der Waals surface area contributed by atoms with E-state index >= 15 is 0 Å². The highest BCUT2D eigenvalue weighted by Crippen LogP contribution is 2.44. The van der Waals surface area contributed by atoms with Gasteiger partial charge in [0.25, 0.3) is 0 Å². The van der Waals surface area contributed by atoms with E-state index in [0.29, 0.717) is 12.5 Å². The first-order valence-corrected chi connectivity index (χ1v) is 11.7. The fraction of sp³-hybridized carbons (Fsp3) is 0.250. The van der Waals surface area contributed by atoms with E-state index < -0.39 is 5.97 Å². The average molecular weight is 452 g/mol. The molecule has 2 aromatic heterocycles. The number of aryl methyl sites for hydroxylation is 1. The number of ether oxygens (including phenoxy) is 1. The molecule has 0 spiro atoms. The second kappa shape index (κ2) is 8.22. The number of carboxylic acid groups (broad SMARTS) is 1. The van der Waals surface area contributed by atoms with E-state index in [-0.39, 0.29) is 5.56 Å². The Bertz CT molecular complexity index is 1440. The number of hydrogen-bond donors (Lipinski definition) is 1. The monoisotopic (exact) mass is 451 g/mol. The molecule has 34 heavy (non-hydrogen) atoms. The van der Waals surface area contributed by atoms with Crippen molar-refractivity contribution in [3.63, 3.8) is 0 Å². The molecule has 2 aliphatic rings. The number of aliphatic imine (C=N–C) groups is 1. The summed E-state index contributed by atoms with van der Waals surface area (Å²) >= 11 is 0. The van der Waals surface area contributed by atoms with Gasteiger partial charge in [0, 0.05) is 59.6 Å². The topological polar surface area (TPSA) is 76.7 Å². The number of hydrogen-bond acceptors (Lipinski definition) is 4. The average Bonchev–Trinajstić information content (AvgIpc) is 3.45. The summed E-state index contributed by atoms with van der Waals surface area (Å²) < 4.78 is 8.04. The summed E-state index contributed by atoms with van der Waals surface area (Å²) in [6, 6.07) is 15.9. The van der Waals surface area contributed by atoms with E-state index in [1.54, 1.807) is 12.1 Å². The van der Waals surface area contributed by atoms with Crippen LogP contribution < -0.4 is 0 Å². The van der Waals surface area contributed by atoms with Crippen molar-refractivity contribution in [3.05, 3.63) is 82.8 Å². The molecule has 0 saturated carbocycles. The first-order valence-electron chi connectivity index (χ1n) is 11.7. The van der Waals surface area contributed by atoms with Crippen LogP contribution in [0.15, 0.2) is 59.7 Å². The molecule has 4 aromatic rings. The molecule has 0 radical (unpaired) electrons. The third kappa shape index (κ3) is 3.42. The van der Waals surface area contributed by atoms with E-state index in [1.165, 1.54) is 22.2 Å². The fourth-order valence-corrected chi connectivity index (χ4v) is 5.31. The molecular weight excluding hydrogens is 426 g/mol. The Morgan fingerprint density at radius 3 is 2.62 bits per heavy atom. The van der Waals surface area contributed by atoms with Crippen LogP contribution in [0, 0.1) is 6.92 Å². The lowest BCUT2D eigenvalue weighted by Gasteiger charge is -2.26. The highest BCUT2D eigenvalue weighted by atomic mass is 16.5. The van der Waals surface area contributed by atoms with Crippen LogP contribution in [0.3, 0.4) is 0 Å². The van der Waals surface area contributed by atoms with Crippen LogP contribution in [0.2, 0.25) is 0 Å². The van der Waals surface area contributed by atoms with Crippen molar-refractivity contribution in [2.45, 2.75) is 32.2 Å². The highest BCUT2D eigenvalue weighted by molar-refractivity contribution is 6.03. The number of pyridine rings is 1. The molecule has 1 saturated heterocycles. The zero-order valence-electron chi connectivity index (χ0n) is 19.0. The molecule has 1 N–H and O–H groups in total. The van der Waals surface area contributed by atoms with Crippen molar-refractivity contribution in [3.8, 4) is 16.8 Å². The van der Waals surface area contributed by atoms with Gasteiger partial charge in [-0.1, -0.05) is 0 Å². The lowest BCUT2D eigenvalue weighted by molar-refractivity contribution is 0.0697. The van der Waals surface area contributed by atoms with Gasteiger partial charge in [-0.15, -0.1) is 0 Å². The minimum atomic E-state index is -0.920. The zero-order valence-corrected chi connectivity index (χ0v) is 19.0. The maximum atomic E-state index is 11.5. The summed E-state index contributed by atoms with van der Waals surface area (Å²) in [5.41, 5.74) is 9.35. The molecule has 0 bridgehead atoms. The minimum absolute atomic E-state index is 0.284. The molecule has 0 amide bonds. The third-order valence-electron chi connectivity index (χ3n) is 6.92. The highest BCUT2D eigenvalue weighted by Gasteiger charge is 2.29. The number of aromatic carboxylic acids is 1. The molecule has 0 unspecified atom stereocenters. The molecule has 2 aromatic carbocycles. The number of carboxylic acids is 1. The molecule has 0 aliphatic carbocycles. The van der Waals surface area contributed by atoms with Gasteiger partial charge in [-0.3, -0.25) is 9.98 Å². The molecule has 4 heterocycles. The number of nitrogens with zero attached hydrogens (tertiary/aromatic N) is 3. The lowest BCUT2D eigenvalue weighted by Crippen LogP contribution is -2.17. The van der Waals surface area contributed by atoms with Gasteiger partial charge in [-0.25, -0.2) is 4.79 Å². The minimum Gasteiger partial charge on any atom is -0.478 e. The summed E-state index contributed by atoms with van der Waals surface area (Å²) in [6.07, 6.45) is 5.73. The van der Waals surface area contributed by atoms with Crippen LogP contribution in [0.4, 0.5) is 0 Å². The summed E-state index contributed by atoms with van der Waals surface area (Å²) in [6.45, 7) is 4.18. The molecule has 6 nitrogen and oxygen atoms in total. The standard InChI is InChI=1S/C28H25N3O3/c1-17-12-20(6-9-30-17)26-24-13-21-15-29-16-22(21)14-25(24)31(27(26)18-7-10-34-11-8-18)23-4-2-19(3-5-23)28(32)33/h2-6,9,12-15,18H,7-8,10-11,16H2,1H3,(H,32,33). The van der Waals surface area contributed by atoms with Gasteiger partial charge in [0.1, 0.15) is 0 Å². The Morgan fingerprint density at radius 2 is 1.88 bits per heavy atom. The van der Waals surface area contributed by atoms with Gasteiger partial charge in [0.15, 0.2) is 0 Å². The maximum absolute atomic E-state index is 11.5. The first kappa shape index (κ1) is 20.8. The normalized spacial score (nSPS) is 15.7. The van der Waals surface area contributed by atoms with Crippen LogP contribution in [0.1, 0.15) is 51.6 Å². The molecule has 6 heteroatoms. The van der Waals surface area contributed by atoms with E-state index in [2.05, 4.69) is 38.8 Å². The molecule has 170 valence electrons. The van der Waals surface area contributed by atoms with E-state index in [1.807, 2.05) is 31.5 Å². The first-order chi connectivity index (χ1) is 16.6. The van der Waals surface area contributed by atoms with Crippen LogP contribution in [0.5, 0.6) is 0 Å². The predicted octanol–water partition coefficient (Wildman–Crippen LogP) is 5.53. The zero-order chi connectivity index (χ0) is 23.2. The van der Waals surface area contributed by atoms with Crippen molar-refractivity contribution in [2.24, 2.45) is 4.99 Å². The summed E-state index contributed by atoms with van der Waals surface area (Å²) in [5.74, 6) is -0.594. The Morgan fingerprint density at radius 1 is 1.09 bits per heavy atom. The van der Waals surface area contributed by atoms with E-state index in [9.17, 15) is 9.90 Å². The van der Waals surface area contributed by atoms with Crippen molar-refractivity contribution >= 4 is 23.1 Å². The number of rotatable bonds is 4. The van der Waals surface area contributed by atoms with Crippen molar-refractivity contribution in [1.82, 2.24) is 9.55 Å². The van der Waals surface area contributed by atoms with Crippen LogP contribution >= 0.6 is 0 Å². The van der Waals surface area contributed by atoms with Gasteiger partial charge in [0.05, 0.1) is 17.6 Å². The summed E-state index contributed by atoms with van der Waals surface area (Å²) in [5, 5.41) is 10.6. The van der Waals surface area contributed by atoms with Crippen LogP contribution in [-0.2, 0) is 11.3 Å². The van der Waals surface area contributed by atoms with E-state index in [4.69, 9.17) is 4.74 Å². The molecule has 1 fully saturated rings. The summed E-state index contributed by atoms with van der Waals surface area (Å²) in [4.78, 5) is 20.4. The van der Waals surface area contributed by atoms with Gasteiger partial charge in [0.2, 0.25) is 0 Å². The lowest BCUT2D eigenvalue weighted by atomic mass is 9.89. The Hall–Kier alpha value is -3.77. The Kier molecular flexibility index (Phi) is 5.03. The SMILES string of the molecule is Cc1cc(-c2c(C3CCOCC3)n(-c3ccc(C(=O)O)cc3)c3cc4c(cc23)C=NC4)ccn1. The number of benzene rings is 2. The number of carbonyl (C=O) groups is 1. The van der Waals surface area contributed by atoms with Gasteiger partial charge in [-0.05, 0) is 85.0 Å². The maximum Gasteiger partial charge on any atom is 0.335 e. The third-order valence-corrected chi connectivity index (χ3v) is 6.92. The van der Waals surface area contributed by atoms with Crippen LogP contribution in [0.25, 0.3) is 27.7 Å². The Balaban J connectivity index is 1.70. The molecule has 2 aliphatic heterocycles. The molecular formula is C28H25N3O3. The number of aromatic nitrogens is 2. The van der Waals surface area contributed by atoms with Gasteiger partial charge in [-0.2, -0.15) is 0 Å². The van der Waals surface area contributed by atoms with Crippen molar-refractivity contribution < 1.29 is 14.6 Å². The van der Waals surface area contributed by atoms with Crippen molar-refractivity contribution in [2.75, 3.05) is 13.2 Å². The molecule has 0 atom stereocenters. The summed E-state index contributed by atoms with van der Waals surface area (Å²) in [7, 11) is 0. The predicted molar refractivity (Wildman–Crippen MR) is 132 cm³/mol. The fourth-order valence-electron chi connectivity index (χ4n) is 5.31. The van der Waals surface area contributed by atoms with Crippen LogP contribution in [-0.4, -0.2) is 40.1 Å². The second-order valence-electron chi connectivity index (χ2n) is 9.06. The molecule has 6 rings (SSSR count). The smallest absolute Gasteiger partial charge is 0.335 e. The number of fused-ring (bicyclic) bond motifs is 2. The Labute approximate surface area is 197 Å². The van der Waals surface area contributed by atoms with Gasteiger partial charge < -0.3 is 14.4 Å². The van der Waals surface area contributed by atoms with Crippen molar-refractivity contribution in [1.29, 1.82) is 0 Å². The van der Waals surface area contributed by atoms with E-state index in [0.717, 1.165) is 54.1 Å². The van der Waals surface area contributed by atoms with Gasteiger partial charge >= 0.3 is 5.97 Å². The quantitative estimate of drug-likeness (QED) is 0.443. The largest absolute Gasteiger partial charge is 0.478 e. The second-order valence-corrected chi connectivity index (χ2v) is 9.06.